The Morgan fingerprint density at radius 1 is 1.26 bits per heavy atom. The number of fused-ring (bicyclic) bond motifs is 1. The topological polar surface area (TPSA) is 69.8 Å². The fraction of sp³-hybridized carbons (Fsp3) is 0.714. The fourth-order valence-electron chi connectivity index (χ4n) is 3.16. The van der Waals surface area contributed by atoms with Gasteiger partial charge in [-0.2, -0.15) is 5.10 Å². The Morgan fingerprint density at radius 2 is 2.00 bits per heavy atom. The van der Waals surface area contributed by atoms with E-state index in [0.717, 1.165) is 42.6 Å². The van der Waals surface area contributed by atoms with Gasteiger partial charge in [-0.1, -0.05) is 0 Å². The summed E-state index contributed by atoms with van der Waals surface area (Å²) in [5.41, 5.74) is 2.79. The van der Waals surface area contributed by atoms with E-state index in [0.29, 0.717) is 11.7 Å². The summed E-state index contributed by atoms with van der Waals surface area (Å²) in [4.78, 5) is 12.4. The zero-order chi connectivity index (χ0) is 12.8. The van der Waals surface area contributed by atoms with Gasteiger partial charge in [0.15, 0.2) is 5.69 Å². The number of rotatable bonds is 4. The normalized spacial score (nSPS) is 22.4. The predicted octanol–water partition coefficient (Wildman–Crippen LogP) is 0.974. The molecule has 1 amide bonds. The summed E-state index contributed by atoms with van der Waals surface area (Å²) in [6.07, 6.45) is 6.05. The smallest absolute Gasteiger partial charge is 0.272 e. The molecule has 1 aliphatic heterocycles. The predicted molar refractivity (Wildman–Crippen MR) is 70.7 cm³/mol. The van der Waals surface area contributed by atoms with Gasteiger partial charge in [-0.05, 0) is 37.5 Å². The number of H-pyrrole nitrogens is 1. The van der Waals surface area contributed by atoms with E-state index in [-0.39, 0.29) is 5.91 Å². The summed E-state index contributed by atoms with van der Waals surface area (Å²) >= 11 is 0. The molecule has 0 spiro atoms. The van der Waals surface area contributed by atoms with Crippen LogP contribution in [-0.4, -0.2) is 28.7 Å². The number of aromatic amines is 1. The lowest BCUT2D eigenvalue weighted by Gasteiger charge is -2.18. The zero-order valence-electron chi connectivity index (χ0n) is 11.0. The number of carbonyl (C=O) groups is 1. The van der Waals surface area contributed by atoms with Crippen LogP contribution in [-0.2, 0) is 13.0 Å². The summed E-state index contributed by atoms with van der Waals surface area (Å²) < 4.78 is 0. The highest BCUT2D eigenvalue weighted by Gasteiger charge is 2.42. The van der Waals surface area contributed by atoms with E-state index in [1.807, 2.05) is 0 Å². The van der Waals surface area contributed by atoms with Crippen LogP contribution < -0.4 is 10.6 Å². The number of amides is 1. The van der Waals surface area contributed by atoms with Gasteiger partial charge >= 0.3 is 0 Å². The number of nitrogens with zero attached hydrogens (tertiary/aromatic N) is 1. The summed E-state index contributed by atoms with van der Waals surface area (Å²) in [7, 11) is 0. The number of hydrogen-bond acceptors (Lipinski definition) is 3. The van der Waals surface area contributed by atoms with Crippen LogP contribution in [0.1, 0.15) is 47.4 Å². The van der Waals surface area contributed by atoms with Crippen molar-refractivity contribution in [2.75, 3.05) is 6.54 Å². The van der Waals surface area contributed by atoms with E-state index < -0.39 is 0 Å². The number of nitrogens with one attached hydrogen (secondary N) is 3. The van der Waals surface area contributed by atoms with Crippen molar-refractivity contribution in [2.45, 2.75) is 44.7 Å². The summed E-state index contributed by atoms with van der Waals surface area (Å²) in [6.45, 7) is 1.72. The molecule has 0 saturated heterocycles. The van der Waals surface area contributed by atoms with Crippen molar-refractivity contribution in [1.29, 1.82) is 0 Å². The molecule has 2 fully saturated rings. The molecule has 3 N–H and O–H groups in total. The van der Waals surface area contributed by atoms with E-state index in [9.17, 15) is 4.79 Å². The second kappa shape index (κ2) is 4.34. The van der Waals surface area contributed by atoms with Gasteiger partial charge in [0, 0.05) is 36.8 Å². The van der Waals surface area contributed by atoms with E-state index in [1.54, 1.807) is 0 Å². The largest absolute Gasteiger partial charge is 0.347 e. The van der Waals surface area contributed by atoms with Crippen molar-refractivity contribution >= 4 is 5.91 Å². The first-order valence-corrected chi connectivity index (χ1v) is 7.40. The van der Waals surface area contributed by atoms with Gasteiger partial charge < -0.3 is 10.6 Å². The molecule has 0 aromatic carbocycles. The molecule has 0 unspecified atom stereocenters. The molecule has 102 valence electrons. The van der Waals surface area contributed by atoms with Gasteiger partial charge in [-0.3, -0.25) is 9.89 Å². The average molecular weight is 260 g/mol. The molecule has 19 heavy (non-hydrogen) atoms. The van der Waals surface area contributed by atoms with E-state index in [2.05, 4.69) is 20.8 Å². The molecule has 0 atom stereocenters. The van der Waals surface area contributed by atoms with Gasteiger partial charge in [-0.25, -0.2) is 0 Å². The first kappa shape index (κ1) is 11.5. The summed E-state index contributed by atoms with van der Waals surface area (Å²) in [6, 6.07) is 0.399. The number of aromatic nitrogens is 2. The fourth-order valence-corrected chi connectivity index (χ4v) is 3.16. The molecule has 5 heteroatoms. The quantitative estimate of drug-likeness (QED) is 0.755. The van der Waals surface area contributed by atoms with Gasteiger partial charge in [0.05, 0.1) is 0 Å². The summed E-state index contributed by atoms with van der Waals surface area (Å²) in [5.74, 6) is 1.47. The van der Waals surface area contributed by atoms with Crippen LogP contribution in [0.4, 0.5) is 0 Å². The maximum atomic E-state index is 12.4. The van der Waals surface area contributed by atoms with Crippen LogP contribution in [0.3, 0.4) is 0 Å². The monoisotopic (exact) mass is 260 g/mol. The van der Waals surface area contributed by atoms with Crippen molar-refractivity contribution in [2.24, 2.45) is 11.8 Å². The van der Waals surface area contributed by atoms with E-state index >= 15 is 0 Å². The molecule has 2 saturated carbocycles. The molecular formula is C14H20N4O. The first-order chi connectivity index (χ1) is 9.33. The average Bonchev–Trinajstić information content (AvgIpc) is 3.32. The van der Waals surface area contributed by atoms with Crippen molar-refractivity contribution < 1.29 is 4.79 Å². The molecular weight excluding hydrogens is 240 g/mol. The molecule has 4 rings (SSSR count). The molecule has 5 nitrogen and oxygen atoms in total. The zero-order valence-corrected chi connectivity index (χ0v) is 11.0. The number of hydrogen-bond donors (Lipinski definition) is 3. The Kier molecular flexibility index (Phi) is 2.62. The lowest BCUT2D eigenvalue weighted by molar-refractivity contribution is 0.0920. The molecule has 2 aliphatic carbocycles. The third-order valence-electron chi connectivity index (χ3n) is 4.58. The molecule has 0 bridgehead atoms. The van der Waals surface area contributed by atoms with Gasteiger partial charge in [0.1, 0.15) is 0 Å². The number of carbonyl (C=O) groups excluding carboxylic acids is 1. The van der Waals surface area contributed by atoms with Crippen molar-refractivity contribution in [3.63, 3.8) is 0 Å². The first-order valence-electron chi connectivity index (χ1n) is 7.40. The SMILES string of the molecule is O=C(NC(C1CC1)C1CC1)c1n[nH]c2c1CNCC2. The van der Waals surface area contributed by atoms with E-state index in [4.69, 9.17) is 0 Å². The highest BCUT2D eigenvalue weighted by atomic mass is 16.2. The lowest BCUT2D eigenvalue weighted by atomic mass is 10.0. The second-order valence-electron chi connectivity index (χ2n) is 6.13. The van der Waals surface area contributed by atoms with Crippen molar-refractivity contribution in [3.05, 3.63) is 17.0 Å². The van der Waals surface area contributed by atoms with Crippen molar-refractivity contribution in [1.82, 2.24) is 20.8 Å². The van der Waals surface area contributed by atoms with Crippen LogP contribution in [0.25, 0.3) is 0 Å². The van der Waals surface area contributed by atoms with Crippen LogP contribution >= 0.6 is 0 Å². The van der Waals surface area contributed by atoms with Gasteiger partial charge in [0.25, 0.3) is 5.91 Å². The third kappa shape index (κ3) is 2.16. The third-order valence-corrected chi connectivity index (χ3v) is 4.58. The van der Waals surface area contributed by atoms with Crippen LogP contribution in [0.2, 0.25) is 0 Å². The molecule has 2 heterocycles. The summed E-state index contributed by atoms with van der Waals surface area (Å²) in [5, 5.41) is 13.8. The standard InChI is InChI=1S/C14H20N4O/c19-14(16-12(8-1-2-8)9-3-4-9)13-10-7-15-6-5-11(10)17-18-13/h8-9,12,15H,1-7H2,(H,16,19)(H,17,18). The highest BCUT2D eigenvalue weighted by molar-refractivity contribution is 5.94. The minimum Gasteiger partial charge on any atom is -0.347 e. The van der Waals surface area contributed by atoms with Crippen LogP contribution in [0, 0.1) is 11.8 Å². The maximum absolute atomic E-state index is 12.4. The van der Waals surface area contributed by atoms with E-state index in [1.165, 1.54) is 25.7 Å². The lowest BCUT2D eigenvalue weighted by Crippen LogP contribution is -2.39. The molecule has 0 radical (unpaired) electrons. The maximum Gasteiger partial charge on any atom is 0.272 e. The van der Waals surface area contributed by atoms with Gasteiger partial charge in [-0.15, -0.1) is 0 Å². The van der Waals surface area contributed by atoms with Crippen LogP contribution in [0.15, 0.2) is 0 Å². The molecule has 3 aliphatic rings. The highest BCUT2D eigenvalue weighted by Crippen LogP contribution is 2.44. The Hall–Kier alpha value is -1.36. The minimum atomic E-state index is 0.0185. The Labute approximate surface area is 112 Å². The van der Waals surface area contributed by atoms with Gasteiger partial charge in [0.2, 0.25) is 0 Å². The Bertz CT molecular complexity index is 490. The second-order valence-corrected chi connectivity index (χ2v) is 6.13. The molecule has 1 aromatic rings. The van der Waals surface area contributed by atoms with Crippen LogP contribution in [0.5, 0.6) is 0 Å². The minimum absolute atomic E-state index is 0.0185. The Morgan fingerprint density at radius 3 is 2.68 bits per heavy atom. The Balaban J connectivity index is 1.51. The molecule has 1 aromatic heterocycles. The van der Waals surface area contributed by atoms with Crippen molar-refractivity contribution in [3.8, 4) is 0 Å².